The number of hydrogen-bond acceptors (Lipinski definition) is 2. The maximum absolute atomic E-state index is 10.8. The van der Waals surface area contributed by atoms with Crippen LogP contribution >= 0.6 is 0 Å². The van der Waals surface area contributed by atoms with E-state index >= 15 is 0 Å². The number of carbonyl (C=O) groups is 1. The van der Waals surface area contributed by atoms with Crippen LogP contribution in [0.25, 0.3) is 0 Å². The molecule has 0 saturated heterocycles. The molecule has 0 aromatic rings. The van der Waals surface area contributed by atoms with E-state index in [4.69, 9.17) is 9.84 Å². The van der Waals surface area contributed by atoms with Crippen LogP contribution < -0.4 is 0 Å². The van der Waals surface area contributed by atoms with Crippen molar-refractivity contribution in [3.05, 3.63) is 11.8 Å². The van der Waals surface area contributed by atoms with E-state index in [2.05, 4.69) is 6.92 Å². The van der Waals surface area contributed by atoms with Gasteiger partial charge in [0.05, 0.1) is 0 Å². The molecule has 0 heterocycles. The van der Waals surface area contributed by atoms with Gasteiger partial charge in [-0.2, -0.15) is 0 Å². The van der Waals surface area contributed by atoms with Gasteiger partial charge in [-0.1, -0.05) is 13.3 Å². The average molecular weight is 200 g/mol. The molecule has 3 nitrogen and oxygen atoms in total. The normalized spacial score (nSPS) is 12.7. The second-order valence-corrected chi connectivity index (χ2v) is 4.23. The summed E-state index contributed by atoms with van der Waals surface area (Å²) in [5.41, 5.74) is -0.448. The predicted molar refractivity (Wildman–Crippen MR) is 56.1 cm³/mol. The number of ether oxygens (including phenoxy) is 1. The highest BCUT2D eigenvalue weighted by atomic mass is 16.5. The van der Waals surface area contributed by atoms with E-state index in [1.165, 1.54) is 0 Å². The number of aliphatic carboxylic acids is 1. The molecule has 0 unspecified atom stereocenters. The third-order valence-corrected chi connectivity index (χ3v) is 1.51. The third-order valence-electron chi connectivity index (χ3n) is 1.51. The zero-order valence-electron chi connectivity index (χ0n) is 9.46. The van der Waals surface area contributed by atoms with Gasteiger partial charge in [0.2, 0.25) is 5.76 Å². The summed E-state index contributed by atoms with van der Waals surface area (Å²) >= 11 is 0. The molecule has 0 aromatic carbocycles. The molecule has 14 heavy (non-hydrogen) atoms. The highest BCUT2D eigenvalue weighted by molar-refractivity contribution is 5.84. The van der Waals surface area contributed by atoms with Crippen molar-refractivity contribution >= 4 is 5.97 Å². The summed E-state index contributed by atoms with van der Waals surface area (Å²) in [5.74, 6) is -0.929. The Bertz CT molecular complexity index is 211. The summed E-state index contributed by atoms with van der Waals surface area (Å²) in [4.78, 5) is 10.8. The Balaban J connectivity index is 4.30. The molecule has 0 bridgehead atoms. The first-order valence-corrected chi connectivity index (χ1v) is 4.99. The maximum atomic E-state index is 10.8. The molecule has 0 atom stereocenters. The van der Waals surface area contributed by atoms with Gasteiger partial charge in [-0.05, 0) is 39.7 Å². The van der Waals surface area contributed by atoms with Crippen LogP contribution in [0.2, 0.25) is 0 Å². The summed E-state index contributed by atoms with van der Waals surface area (Å²) in [6, 6.07) is 0. The van der Waals surface area contributed by atoms with E-state index in [0.29, 0.717) is 0 Å². The van der Waals surface area contributed by atoms with Gasteiger partial charge in [-0.25, -0.2) is 4.79 Å². The van der Waals surface area contributed by atoms with Crippen LogP contribution in [0.4, 0.5) is 0 Å². The summed E-state index contributed by atoms with van der Waals surface area (Å²) in [6.07, 6.45) is 4.45. The standard InChI is InChI=1S/C11H20O3/c1-5-6-7-8-9(10(12)13)14-11(2,3)4/h8H,5-7H2,1-4H3,(H,12,13). The molecule has 0 aromatic heterocycles. The van der Waals surface area contributed by atoms with Crippen molar-refractivity contribution in [3.8, 4) is 0 Å². The van der Waals surface area contributed by atoms with E-state index in [9.17, 15) is 4.79 Å². The predicted octanol–water partition coefficient (Wildman–Crippen LogP) is 2.96. The van der Waals surface area contributed by atoms with Crippen LogP contribution in [-0.2, 0) is 9.53 Å². The largest absolute Gasteiger partial charge is 0.481 e. The Labute approximate surface area is 85.8 Å². The van der Waals surface area contributed by atoms with Gasteiger partial charge in [0.1, 0.15) is 5.60 Å². The van der Waals surface area contributed by atoms with Crippen molar-refractivity contribution < 1.29 is 14.6 Å². The summed E-state index contributed by atoms with van der Waals surface area (Å²) in [6.45, 7) is 7.58. The fourth-order valence-electron chi connectivity index (χ4n) is 0.940. The van der Waals surface area contributed by atoms with E-state index < -0.39 is 11.6 Å². The second kappa shape index (κ2) is 5.68. The Morgan fingerprint density at radius 3 is 2.36 bits per heavy atom. The molecular formula is C11H20O3. The van der Waals surface area contributed by atoms with E-state index in [1.807, 2.05) is 20.8 Å². The first-order valence-electron chi connectivity index (χ1n) is 4.99. The second-order valence-electron chi connectivity index (χ2n) is 4.23. The zero-order chi connectivity index (χ0) is 11.2. The van der Waals surface area contributed by atoms with Crippen molar-refractivity contribution in [1.29, 1.82) is 0 Å². The fraction of sp³-hybridized carbons (Fsp3) is 0.727. The molecule has 0 aliphatic carbocycles. The minimum Gasteiger partial charge on any atom is -0.481 e. The van der Waals surface area contributed by atoms with Gasteiger partial charge < -0.3 is 9.84 Å². The van der Waals surface area contributed by atoms with Crippen LogP contribution in [0, 0.1) is 0 Å². The minimum atomic E-state index is -0.990. The van der Waals surface area contributed by atoms with Crippen molar-refractivity contribution in [2.45, 2.75) is 52.6 Å². The van der Waals surface area contributed by atoms with E-state index in [1.54, 1.807) is 6.08 Å². The van der Waals surface area contributed by atoms with Crippen LogP contribution in [0.5, 0.6) is 0 Å². The van der Waals surface area contributed by atoms with Gasteiger partial charge in [0.25, 0.3) is 0 Å². The molecular weight excluding hydrogens is 180 g/mol. The smallest absolute Gasteiger partial charge is 0.370 e. The van der Waals surface area contributed by atoms with Crippen molar-refractivity contribution in [2.24, 2.45) is 0 Å². The molecule has 3 heteroatoms. The molecule has 0 rings (SSSR count). The van der Waals surface area contributed by atoms with Crippen LogP contribution in [0.3, 0.4) is 0 Å². The number of carboxylic acid groups (broad SMARTS) is 1. The lowest BCUT2D eigenvalue weighted by atomic mass is 10.2. The van der Waals surface area contributed by atoms with E-state index in [-0.39, 0.29) is 5.76 Å². The van der Waals surface area contributed by atoms with Gasteiger partial charge in [0, 0.05) is 0 Å². The lowest BCUT2D eigenvalue weighted by Gasteiger charge is -2.21. The van der Waals surface area contributed by atoms with Gasteiger partial charge in [-0.3, -0.25) is 0 Å². The molecule has 0 aliphatic heterocycles. The van der Waals surface area contributed by atoms with Crippen molar-refractivity contribution in [2.75, 3.05) is 0 Å². The van der Waals surface area contributed by atoms with Gasteiger partial charge in [0.15, 0.2) is 0 Å². The monoisotopic (exact) mass is 200 g/mol. The Kier molecular flexibility index (Phi) is 5.28. The quantitative estimate of drug-likeness (QED) is 0.421. The Morgan fingerprint density at radius 1 is 1.43 bits per heavy atom. The summed E-state index contributed by atoms with van der Waals surface area (Å²) < 4.78 is 5.31. The lowest BCUT2D eigenvalue weighted by molar-refractivity contribution is -0.139. The summed E-state index contributed by atoms with van der Waals surface area (Å²) in [5, 5.41) is 8.84. The van der Waals surface area contributed by atoms with Crippen LogP contribution in [-0.4, -0.2) is 16.7 Å². The molecule has 0 fully saturated rings. The number of unbranched alkanes of at least 4 members (excludes halogenated alkanes) is 2. The number of carboxylic acids is 1. The average Bonchev–Trinajstić information content (AvgIpc) is 2.00. The first-order chi connectivity index (χ1) is 6.37. The topological polar surface area (TPSA) is 46.5 Å². The number of rotatable bonds is 5. The van der Waals surface area contributed by atoms with Crippen LogP contribution in [0.1, 0.15) is 47.0 Å². The maximum Gasteiger partial charge on any atom is 0.370 e. The first kappa shape index (κ1) is 13.0. The third kappa shape index (κ3) is 6.52. The molecule has 0 aliphatic rings. The van der Waals surface area contributed by atoms with Crippen molar-refractivity contribution in [1.82, 2.24) is 0 Å². The molecule has 0 spiro atoms. The molecule has 0 amide bonds. The minimum absolute atomic E-state index is 0.0611. The molecule has 0 radical (unpaired) electrons. The summed E-state index contributed by atoms with van der Waals surface area (Å²) in [7, 11) is 0. The molecule has 82 valence electrons. The molecule has 1 N–H and O–H groups in total. The van der Waals surface area contributed by atoms with Gasteiger partial charge >= 0.3 is 5.97 Å². The van der Waals surface area contributed by atoms with Gasteiger partial charge in [-0.15, -0.1) is 0 Å². The zero-order valence-corrected chi connectivity index (χ0v) is 9.46. The van der Waals surface area contributed by atoms with Crippen LogP contribution in [0.15, 0.2) is 11.8 Å². The number of allylic oxidation sites excluding steroid dienone is 1. The highest BCUT2D eigenvalue weighted by Gasteiger charge is 2.17. The lowest BCUT2D eigenvalue weighted by Crippen LogP contribution is -2.22. The fourth-order valence-corrected chi connectivity index (χ4v) is 0.940. The van der Waals surface area contributed by atoms with E-state index in [0.717, 1.165) is 19.3 Å². The highest BCUT2D eigenvalue weighted by Crippen LogP contribution is 2.14. The Morgan fingerprint density at radius 2 is 2.00 bits per heavy atom. The Hall–Kier alpha value is -0.990. The number of hydrogen-bond donors (Lipinski definition) is 1. The molecule has 0 saturated carbocycles. The van der Waals surface area contributed by atoms with Crippen molar-refractivity contribution in [3.63, 3.8) is 0 Å². The SMILES string of the molecule is CCCCC=C(OC(C)(C)C)C(=O)O.